The van der Waals surface area contributed by atoms with Crippen LogP contribution < -0.4 is 9.62 Å². The number of carbonyl (C=O) groups excluding carboxylic acids is 1. The van der Waals surface area contributed by atoms with Crippen LogP contribution in [-0.4, -0.2) is 20.9 Å². The van der Waals surface area contributed by atoms with Crippen LogP contribution in [0.4, 0.5) is 5.69 Å². The fraction of sp³-hybridized carbons (Fsp3) is 0.240. The van der Waals surface area contributed by atoms with Gasteiger partial charge in [0, 0.05) is 5.02 Å². The van der Waals surface area contributed by atoms with Crippen LogP contribution in [0.5, 0.6) is 0 Å². The van der Waals surface area contributed by atoms with Gasteiger partial charge in [-0.25, -0.2) is 8.42 Å². The zero-order chi connectivity index (χ0) is 22.7. The molecule has 1 N–H and O–H groups in total. The largest absolute Gasteiger partial charge is 0.348 e. The zero-order valence-corrected chi connectivity index (χ0v) is 19.4. The average Bonchev–Trinajstić information content (AvgIpc) is 3.26. The normalized spacial score (nSPS) is 13.9. The summed E-state index contributed by atoms with van der Waals surface area (Å²) in [7, 11) is -3.96. The highest BCUT2D eigenvalue weighted by Gasteiger charge is 2.28. The summed E-state index contributed by atoms with van der Waals surface area (Å²) in [4.78, 5) is 13.1. The first kappa shape index (κ1) is 22.4. The summed E-state index contributed by atoms with van der Waals surface area (Å²) in [6, 6.07) is 20.6. The molecule has 0 bridgehead atoms. The molecule has 0 spiro atoms. The molecule has 7 heteroatoms. The van der Waals surface area contributed by atoms with E-state index in [1.807, 2.05) is 13.0 Å². The topological polar surface area (TPSA) is 66.5 Å². The first-order valence-corrected chi connectivity index (χ1v) is 12.4. The standard InChI is InChI=1S/C25H25ClN2O3S/c1-18(20-14-13-19-7-5-8-21(19)15-20)27-25(29)17-28(23-10-6-9-22(26)16-23)32(30,31)24-11-3-2-4-12-24/h2-4,6,9-16,18H,5,7-8,17H2,1H3,(H,27,29)/t18-/m1/s1. The van der Waals surface area contributed by atoms with Crippen LogP contribution in [0.15, 0.2) is 77.7 Å². The predicted molar refractivity (Wildman–Crippen MR) is 127 cm³/mol. The van der Waals surface area contributed by atoms with Gasteiger partial charge in [-0.3, -0.25) is 9.10 Å². The quantitative estimate of drug-likeness (QED) is 0.536. The number of hydrogen-bond acceptors (Lipinski definition) is 3. The third-order valence-electron chi connectivity index (χ3n) is 5.71. The van der Waals surface area contributed by atoms with Gasteiger partial charge in [0.2, 0.25) is 5.91 Å². The van der Waals surface area contributed by atoms with Crippen molar-refractivity contribution in [2.24, 2.45) is 0 Å². The summed E-state index contributed by atoms with van der Waals surface area (Å²) in [6.45, 7) is 1.55. The van der Waals surface area contributed by atoms with Crippen molar-refractivity contribution in [2.75, 3.05) is 10.8 Å². The molecule has 0 fully saturated rings. The summed E-state index contributed by atoms with van der Waals surface area (Å²) in [5.74, 6) is -0.391. The highest BCUT2D eigenvalue weighted by molar-refractivity contribution is 7.92. The lowest BCUT2D eigenvalue weighted by atomic mass is 10.0. The molecule has 32 heavy (non-hydrogen) atoms. The summed E-state index contributed by atoms with van der Waals surface area (Å²) >= 11 is 6.11. The van der Waals surface area contributed by atoms with Crippen molar-refractivity contribution in [1.29, 1.82) is 0 Å². The van der Waals surface area contributed by atoms with Crippen molar-refractivity contribution in [3.8, 4) is 0 Å². The molecule has 1 amide bonds. The molecule has 4 rings (SSSR count). The highest BCUT2D eigenvalue weighted by Crippen LogP contribution is 2.27. The third kappa shape index (κ3) is 4.81. The molecule has 0 radical (unpaired) electrons. The Hall–Kier alpha value is -2.83. The minimum absolute atomic E-state index is 0.111. The molecule has 5 nitrogen and oxygen atoms in total. The van der Waals surface area contributed by atoms with Gasteiger partial charge in [-0.1, -0.05) is 54.1 Å². The third-order valence-corrected chi connectivity index (χ3v) is 7.74. The Bertz CT molecular complexity index is 1230. The first-order valence-electron chi connectivity index (χ1n) is 10.6. The Kier molecular flexibility index (Phi) is 6.53. The first-order chi connectivity index (χ1) is 15.3. The minimum Gasteiger partial charge on any atom is -0.348 e. The number of benzene rings is 3. The molecule has 1 atom stereocenters. The molecule has 0 unspecified atom stereocenters. The smallest absolute Gasteiger partial charge is 0.264 e. The number of sulfonamides is 1. The number of anilines is 1. The number of carbonyl (C=O) groups is 1. The summed E-state index contributed by atoms with van der Waals surface area (Å²) < 4.78 is 27.8. The molecule has 166 valence electrons. The average molecular weight is 469 g/mol. The van der Waals surface area contributed by atoms with Gasteiger partial charge in [-0.2, -0.15) is 0 Å². The maximum Gasteiger partial charge on any atom is 0.264 e. The van der Waals surface area contributed by atoms with Crippen LogP contribution in [-0.2, 0) is 27.7 Å². The molecular weight excluding hydrogens is 444 g/mol. The van der Waals surface area contributed by atoms with Crippen LogP contribution in [0.1, 0.15) is 36.1 Å². The SMILES string of the molecule is C[C@@H](NC(=O)CN(c1cccc(Cl)c1)S(=O)(=O)c1ccccc1)c1ccc2c(c1)CCC2. The number of aryl methyl sites for hydroxylation is 2. The molecule has 0 aromatic heterocycles. The van der Waals surface area contributed by atoms with Crippen molar-refractivity contribution in [3.63, 3.8) is 0 Å². The number of nitrogens with zero attached hydrogens (tertiary/aromatic N) is 1. The van der Waals surface area contributed by atoms with E-state index in [0.717, 1.165) is 29.1 Å². The van der Waals surface area contributed by atoms with E-state index >= 15 is 0 Å². The minimum atomic E-state index is -3.96. The summed E-state index contributed by atoms with van der Waals surface area (Å²) in [5, 5.41) is 3.34. The maximum absolute atomic E-state index is 13.4. The van der Waals surface area contributed by atoms with Crippen LogP contribution in [0.3, 0.4) is 0 Å². The van der Waals surface area contributed by atoms with Crippen molar-refractivity contribution in [1.82, 2.24) is 5.32 Å². The lowest BCUT2D eigenvalue weighted by Gasteiger charge is -2.25. The van der Waals surface area contributed by atoms with Gasteiger partial charge in [0.1, 0.15) is 6.54 Å². The van der Waals surface area contributed by atoms with Crippen molar-refractivity contribution in [2.45, 2.75) is 37.1 Å². The van der Waals surface area contributed by atoms with E-state index in [1.54, 1.807) is 42.5 Å². The molecule has 0 heterocycles. The number of nitrogens with one attached hydrogen (secondary N) is 1. The number of hydrogen-bond donors (Lipinski definition) is 1. The van der Waals surface area contributed by atoms with Crippen LogP contribution in [0, 0.1) is 0 Å². The van der Waals surface area contributed by atoms with Gasteiger partial charge in [0.05, 0.1) is 16.6 Å². The van der Waals surface area contributed by atoms with E-state index in [-0.39, 0.29) is 17.5 Å². The van der Waals surface area contributed by atoms with E-state index in [4.69, 9.17) is 11.6 Å². The summed E-state index contributed by atoms with van der Waals surface area (Å²) in [5.41, 5.74) is 4.05. The monoisotopic (exact) mass is 468 g/mol. The molecule has 0 saturated carbocycles. The fourth-order valence-electron chi connectivity index (χ4n) is 4.03. The van der Waals surface area contributed by atoms with Crippen molar-refractivity contribution >= 4 is 33.2 Å². The Labute approximate surface area is 194 Å². The van der Waals surface area contributed by atoms with Gasteiger partial charge < -0.3 is 5.32 Å². The van der Waals surface area contributed by atoms with Gasteiger partial charge >= 0.3 is 0 Å². The molecule has 3 aromatic carbocycles. The Morgan fingerprint density at radius 3 is 2.50 bits per heavy atom. The summed E-state index contributed by atoms with van der Waals surface area (Å²) in [6.07, 6.45) is 3.31. The lowest BCUT2D eigenvalue weighted by molar-refractivity contribution is -0.120. The Morgan fingerprint density at radius 1 is 1.00 bits per heavy atom. The fourth-order valence-corrected chi connectivity index (χ4v) is 5.65. The molecule has 1 aliphatic rings. The van der Waals surface area contributed by atoms with Gasteiger partial charge in [-0.15, -0.1) is 0 Å². The van der Waals surface area contributed by atoms with Crippen molar-refractivity contribution in [3.05, 3.63) is 94.5 Å². The zero-order valence-electron chi connectivity index (χ0n) is 17.8. The second-order valence-corrected chi connectivity index (χ2v) is 10.3. The number of rotatable bonds is 7. The Balaban J connectivity index is 1.57. The number of fused-ring (bicyclic) bond motifs is 1. The number of amides is 1. The highest BCUT2D eigenvalue weighted by atomic mass is 35.5. The van der Waals surface area contributed by atoms with Crippen LogP contribution in [0.25, 0.3) is 0 Å². The van der Waals surface area contributed by atoms with E-state index in [2.05, 4.69) is 17.4 Å². The lowest BCUT2D eigenvalue weighted by Crippen LogP contribution is -2.41. The van der Waals surface area contributed by atoms with Crippen LogP contribution in [0.2, 0.25) is 5.02 Å². The van der Waals surface area contributed by atoms with Gasteiger partial charge in [-0.05, 0) is 73.2 Å². The molecule has 0 aliphatic heterocycles. The molecule has 3 aromatic rings. The molecule has 0 saturated heterocycles. The van der Waals surface area contributed by atoms with Gasteiger partial charge in [0.25, 0.3) is 10.0 Å². The van der Waals surface area contributed by atoms with Crippen molar-refractivity contribution < 1.29 is 13.2 Å². The van der Waals surface area contributed by atoms with Crippen LogP contribution >= 0.6 is 11.6 Å². The Morgan fingerprint density at radius 2 is 1.75 bits per heavy atom. The van der Waals surface area contributed by atoms with E-state index in [9.17, 15) is 13.2 Å². The predicted octanol–water partition coefficient (Wildman–Crippen LogP) is 4.90. The molecule has 1 aliphatic carbocycles. The number of halogens is 1. The van der Waals surface area contributed by atoms with E-state index < -0.39 is 15.9 Å². The van der Waals surface area contributed by atoms with Gasteiger partial charge in [0.15, 0.2) is 0 Å². The second kappa shape index (κ2) is 9.35. The molecular formula is C25H25ClN2O3S. The second-order valence-electron chi connectivity index (χ2n) is 7.98. The van der Waals surface area contributed by atoms with E-state index in [0.29, 0.717) is 10.7 Å². The maximum atomic E-state index is 13.4. The van der Waals surface area contributed by atoms with E-state index in [1.165, 1.54) is 23.3 Å².